The first-order chi connectivity index (χ1) is 8.74. The predicted molar refractivity (Wildman–Crippen MR) is 64.2 cm³/mol. The molecule has 0 aliphatic rings. The normalized spacial score (nSPS) is 9.56. The molecular weight excluding hydrogens is 232 g/mol. The lowest BCUT2D eigenvalue weighted by Gasteiger charge is -2.09. The molecule has 0 saturated carbocycles. The van der Waals surface area contributed by atoms with Crippen LogP contribution in [0.5, 0.6) is 17.4 Å². The topological polar surface area (TPSA) is 94.1 Å². The Bertz CT molecular complexity index is 607. The van der Waals surface area contributed by atoms with E-state index in [2.05, 4.69) is 9.97 Å². The molecule has 0 aliphatic heterocycles. The van der Waals surface area contributed by atoms with E-state index >= 15 is 0 Å². The predicted octanol–water partition coefficient (Wildman–Crippen LogP) is 1.73. The van der Waals surface area contributed by atoms with E-state index in [0.717, 1.165) is 0 Å². The molecule has 1 heterocycles. The maximum Gasteiger partial charge on any atom is 0.256 e. The molecule has 0 aliphatic carbocycles. The van der Waals surface area contributed by atoms with Gasteiger partial charge in [-0.05, 0) is 12.1 Å². The van der Waals surface area contributed by atoms with Crippen molar-refractivity contribution in [3.05, 3.63) is 36.3 Å². The summed E-state index contributed by atoms with van der Waals surface area (Å²) < 4.78 is 10.5. The molecule has 0 radical (unpaired) electrons. The Balaban J connectivity index is 2.37. The third kappa shape index (κ3) is 2.30. The number of anilines is 1. The van der Waals surface area contributed by atoms with Gasteiger partial charge in [-0.15, -0.1) is 0 Å². The summed E-state index contributed by atoms with van der Waals surface area (Å²) in [6.07, 6.45) is 2.85. The number of hydrogen-bond acceptors (Lipinski definition) is 6. The maximum absolute atomic E-state index is 8.88. The minimum Gasteiger partial charge on any atom is -0.497 e. The fourth-order valence-corrected chi connectivity index (χ4v) is 1.31. The molecule has 0 bridgehead atoms. The number of benzene rings is 1. The third-order valence-corrected chi connectivity index (χ3v) is 2.20. The third-order valence-electron chi connectivity index (χ3n) is 2.20. The molecule has 0 spiro atoms. The van der Waals surface area contributed by atoms with Crippen molar-refractivity contribution < 1.29 is 9.47 Å². The lowest BCUT2D eigenvalue weighted by Crippen LogP contribution is -1.97. The molecule has 0 saturated heterocycles. The average molecular weight is 242 g/mol. The minimum atomic E-state index is 0.0970. The molecule has 1 aromatic carbocycles. The summed E-state index contributed by atoms with van der Waals surface area (Å²) in [5, 5.41) is 8.88. The molecule has 90 valence electrons. The number of nitriles is 1. The maximum atomic E-state index is 8.88. The SMILES string of the molecule is COc1ccc(N)c(Oc2nccnc2C#N)c1. The first-order valence-corrected chi connectivity index (χ1v) is 5.07. The zero-order valence-corrected chi connectivity index (χ0v) is 9.62. The molecule has 2 N–H and O–H groups in total. The number of methoxy groups -OCH3 is 1. The van der Waals surface area contributed by atoms with E-state index < -0.39 is 0 Å². The summed E-state index contributed by atoms with van der Waals surface area (Å²) in [4.78, 5) is 7.78. The van der Waals surface area contributed by atoms with E-state index in [9.17, 15) is 0 Å². The van der Waals surface area contributed by atoms with Crippen molar-refractivity contribution in [2.75, 3.05) is 12.8 Å². The van der Waals surface area contributed by atoms with E-state index in [-0.39, 0.29) is 11.6 Å². The van der Waals surface area contributed by atoms with Gasteiger partial charge in [0.2, 0.25) is 5.69 Å². The average Bonchev–Trinajstić information content (AvgIpc) is 2.42. The van der Waals surface area contributed by atoms with Gasteiger partial charge in [-0.25, -0.2) is 9.97 Å². The van der Waals surface area contributed by atoms with Crippen molar-refractivity contribution in [2.24, 2.45) is 0 Å². The van der Waals surface area contributed by atoms with Crippen molar-refractivity contribution >= 4 is 5.69 Å². The molecule has 0 amide bonds. The van der Waals surface area contributed by atoms with Gasteiger partial charge in [0.25, 0.3) is 5.88 Å². The van der Waals surface area contributed by atoms with Crippen LogP contribution in [0.15, 0.2) is 30.6 Å². The van der Waals surface area contributed by atoms with Crippen molar-refractivity contribution in [3.8, 4) is 23.4 Å². The van der Waals surface area contributed by atoms with Crippen LogP contribution in [0.4, 0.5) is 5.69 Å². The van der Waals surface area contributed by atoms with Gasteiger partial charge in [0.05, 0.1) is 12.8 Å². The van der Waals surface area contributed by atoms with Crippen LogP contribution in [0, 0.1) is 11.3 Å². The van der Waals surface area contributed by atoms with E-state index in [1.165, 1.54) is 12.4 Å². The summed E-state index contributed by atoms with van der Waals surface area (Å²) in [6, 6.07) is 6.87. The highest BCUT2D eigenvalue weighted by Gasteiger charge is 2.10. The van der Waals surface area contributed by atoms with Crippen LogP contribution in [0.1, 0.15) is 5.69 Å². The number of nitrogens with zero attached hydrogens (tertiary/aromatic N) is 3. The van der Waals surface area contributed by atoms with E-state index in [0.29, 0.717) is 17.2 Å². The Morgan fingerprint density at radius 2 is 2.06 bits per heavy atom. The van der Waals surface area contributed by atoms with Crippen molar-refractivity contribution in [3.63, 3.8) is 0 Å². The molecule has 0 fully saturated rings. The fraction of sp³-hybridized carbons (Fsp3) is 0.0833. The first-order valence-electron chi connectivity index (χ1n) is 5.07. The summed E-state index contributed by atoms with van der Waals surface area (Å²) in [7, 11) is 1.54. The van der Waals surface area contributed by atoms with E-state index in [1.807, 2.05) is 6.07 Å². The highest BCUT2D eigenvalue weighted by atomic mass is 16.5. The Kier molecular flexibility index (Phi) is 3.25. The van der Waals surface area contributed by atoms with Crippen LogP contribution in [0.3, 0.4) is 0 Å². The molecule has 0 unspecified atom stereocenters. The van der Waals surface area contributed by atoms with E-state index in [1.54, 1.807) is 25.3 Å². The molecule has 2 rings (SSSR count). The molecule has 6 heteroatoms. The van der Waals surface area contributed by atoms with Crippen LogP contribution in [-0.4, -0.2) is 17.1 Å². The van der Waals surface area contributed by atoms with Gasteiger partial charge in [0, 0.05) is 18.5 Å². The van der Waals surface area contributed by atoms with Crippen LogP contribution in [-0.2, 0) is 0 Å². The smallest absolute Gasteiger partial charge is 0.256 e. The highest BCUT2D eigenvalue weighted by molar-refractivity contribution is 5.57. The fourth-order valence-electron chi connectivity index (χ4n) is 1.31. The second-order valence-electron chi connectivity index (χ2n) is 3.33. The largest absolute Gasteiger partial charge is 0.497 e. The Morgan fingerprint density at radius 3 is 2.78 bits per heavy atom. The molecule has 0 atom stereocenters. The van der Waals surface area contributed by atoms with Crippen molar-refractivity contribution in [1.29, 1.82) is 5.26 Å². The molecule has 18 heavy (non-hydrogen) atoms. The van der Waals surface area contributed by atoms with Crippen LogP contribution >= 0.6 is 0 Å². The monoisotopic (exact) mass is 242 g/mol. The number of nitrogen functional groups attached to an aromatic ring is 1. The number of ether oxygens (including phenoxy) is 2. The zero-order valence-electron chi connectivity index (χ0n) is 9.62. The van der Waals surface area contributed by atoms with Gasteiger partial charge in [0.1, 0.15) is 11.8 Å². The van der Waals surface area contributed by atoms with Gasteiger partial charge in [-0.2, -0.15) is 5.26 Å². The number of hydrogen-bond donors (Lipinski definition) is 1. The van der Waals surface area contributed by atoms with Gasteiger partial charge in [-0.3, -0.25) is 0 Å². The highest BCUT2D eigenvalue weighted by Crippen LogP contribution is 2.30. The van der Waals surface area contributed by atoms with Gasteiger partial charge < -0.3 is 15.2 Å². The summed E-state index contributed by atoms with van der Waals surface area (Å²) in [5.41, 5.74) is 6.29. The second-order valence-corrected chi connectivity index (χ2v) is 3.33. The van der Waals surface area contributed by atoms with Crippen LogP contribution in [0.25, 0.3) is 0 Å². The molecular formula is C12H10N4O2. The molecule has 1 aromatic heterocycles. The summed E-state index contributed by atoms with van der Waals surface area (Å²) in [5.74, 6) is 1.08. The summed E-state index contributed by atoms with van der Waals surface area (Å²) >= 11 is 0. The Hall–Kier alpha value is -2.81. The Morgan fingerprint density at radius 1 is 1.28 bits per heavy atom. The minimum absolute atomic E-state index is 0.0970. The van der Waals surface area contributed by atoms with Gasteiger partial charge in [-0.1, -0.05) is 0 Å². The first kappa shape index (κ1) is 11.7. The quantitative estimate of drug-likeness (QED) is 0.823. The van der Waals surface area contributed by atoms with Crippen LogP contribution < -0.4 is 15.2 Å². The van der Waals surface area contributed by atoms with Crippen molar-refractivity contribution in [2.45, 2.75) is 0 Å². The van der Waals surface area contributed by atoms with Crippen LogP contribution in [0.2, 0.25) is 0 Å². The van der Waals surface area contributed by atoms with Gasteiger partial charge >= 0.3 is 0 Å². The molecule has 2 aromatic rings. The molecule has 6 nitrogen and oxygen atoms in total. The zero-order chi connectivity index (χ0) is 13.0. The number of aromatic nitrogens is 2. The van der Waals surface area contributed by atoms with Gasteiger partial charge in [0.15, 0.2) is 5.75 Å². The lowest BCUT2D eigenvalue weighted by molar-refractivity contribution is 0.407. The number of rotatable bonds is 3. The number of nitrogens with two attached hydrogens (primary N) is 1. The van der Waals surface area contributed by atoms with Crippen molar-refractivity contribution in [1.82, 2.24) is 9.97 Å². The summed E-state index contributed by atoms with van der Waals surface area (Å²) in [6.45, 7) is 0. The lowest BCUT2D eigenvalue weighted by atomic mass is 10.3. The second kappa shape index (κ2) is 5.01. The standard InChI is InChI=1S/C12H10N4O2/c1-17-8-2-3-9(14)11(6-8)18-12-10(7-13)15-4-5-16-12/h2-6H,14H2,1H3. The Labute approximate surface area is 104 Å². The van der Waals surface area contributed by atoms with E-state index in [4.69, 9.17) is 20.5 Å².